The molecule has 5 nitrogen and oxygen atoms in total. The van der Waals surface area contributed by atoms with Gasteiger partial charge in [-0.25, -0.2) is 0 Å². The molecule has 6 heteroatoms. The van der Waals surface area contributed by atoms with Gasteiger partial charge < -0.3 is 14.4 Å². The summed E-state index contributed by atoms with van der Waals surface area (Å²) in [5, 5.41) is 2.65. The fraction of sp³-hybridized carbons (Fsp3) is 0.167. The average molecular weight is 345 g/mol. The lowest BCUT2D eigenvalue weighted by Gasteiger charge is -2.18. The highest BCUT2D eigenvalue weighted by atomic mass is 31.2. The van der Waals surface area contributed by atoms with Gasteiger partial charge in [0.25, 0.3) is 5.91 Å². The van der Waals surface area contributed by atoms with Crippen LogP contribution in [0.1, 0.15) is 21.5 Å². The third-order valence-corrected chi connectivity index (χ3v) is 5.23. The van der Waals surface area contributed by atoms with Crippen LogP contribution in [0, 0.1) is 6.92 Å². The predicted octanol–water partition coefficient (Wildman–Crippen LogP) is 4.21. The molecule has 0 bridgehead atoms. The maximum absolute atomic E-state index is 12.8. The van der Waals surface area contributed by atoms with E-state index in [9.17, 15) is 9.36 Å². The number of hydrogen-bond acceptors (Lipinski definition) is 4. The lowest BCUT2D eigenvalue weighted by molar-refractivity contribution is 0.0966. The first-order chi connectivity index (χ1) is 11.5. The first-order valence-corrected chi connectivity index (χ1v) is 8.89. The third kappa shape index (κ3) is 4.42. The van der Waals surface area contributed by atoms with E-state index in [1.54, 1.807) is 30.3 Å². The fourth-order valence-electron chi connectivity index (χ4n) is 2.05. The lowest BCUT2D eigenvalue weighted by Crippen LogP contribution is -2.23. The Morgan fingerprint density at radius 1 is 1.00 bits per heavy atom. The summed E-state index contributed by atoms with van der Waals surface area (Å²) in [6.45, 7) is 1.97. The molecule has 2 rings (SSSR count). The van der Waals surface area contributed by atoms with Gasteiger partial charge in [0, 0.05) is 19.8 Å². The van der Waals surface area contributed by atoms with Crippen LogP contribution in [0.25, 0.3) is 6.08 Å². The summed E-state index contributed by atoms with van der Waals surface area (Å²) in [5.41, 5.74) is 2.42. The summed E-state index contributed by atoms with van der Waals surface area (Å²) in [7, 11) is -1.05. The van der Waals surface area contributed by atoms with Gasteiger partial charge in [0.1, 0.15) is 5.44 Å². The number of rotatable bonds is 6. The Morgan fingerprint density at radius 3 is 2.12 bits per heavy atom. The quantitative estimate of drug-likeness (QED) is 0.797. The van der Waals surface area contributed by atoms with Crippen molar-refractivity contribution in [1.82, 2.24) is 5.32 Å². The van der Waals surface area contributed by atoms with Gasteiger partial charge >= 0.3 is 7.60 Å². The van der Waals surface area contributed by atoms with Crippen molar-refractivity contribution in [2.24, 2.45) is 0 Å². The molecule has 1 amide bonds. The zero-order valence-electron chi connectivity index (χ0n) is 13.9. The molecular formula is C18H20NO4P. The van der Waals surface area contributed by atoms with E-state index in [2.05, 4.69) is 5.32 Å². The Hall–Kier alpha value is -2.20. The van der Waals surface area contributed by atoms with Crippen molar-refractivity contribution in [3.05, 3.63) is 76.7 Å². The van der Waals surface area contributed by atoms with Crippen molar-refractivity contribution in [3.8, 4) is 0 Å². The van der Waals surface area contributed by atoms with Crippen LogP contribution in [0.2, 0.25) is 0 Å². The molecule has 0 saturated heterocycles. The molecule has 2 aromatic rings. The number of carbonyl (C=O) groups is 1. The molecule has 0 radical (unpaired) electrons. The maximum Gasteiger partial charge on any atom is 0.376 e. The van der Waals surface area contributed by atoms with Crippen LogP contribution in [0.15, 0.2) is 60.0 Å². The largest absolute Gasteiger partial charge is 0.376 e. The Labute approximate surface area is 141 Å². The summed E-state index contributed by atoms with van der Waals surface area (Å²) < 4.78 is 22.8. The van der Waals surface area contributed by atoms with Crippen molar-refractivity contribution in [1.29, 1.82) is 0 Å². The first kappa shape index (κ1) is 18.1. The molecule has 0 atom stereocenters. The Bertz CT molecular complexity index is 761. The van der Waals surface area contributed by atoms with Crippen LogP contribution in [-0.4, -0.2) is 20.1 Å². The number of amides is 1. The predicted molar refractivity (Wildman–Crippen MR) is 94.7 cm³/mol. The summed E-state index contributed by atoms with van der Waals surface area (Å²) in [6.07, 6.45) is 1.59. The topological polar surface area (TPSA) is 64.6 Å². The molecule has 0 heterocycles. The lowest BCUT2D eigenvalue weighted by atomic mass is 10.1. The SMILES string of the molecule is COP(=O)(OC)/C(=C\c1ccc(C)cc1)NC(=O)c1ccccc1. The number of nitrogens with one attached hydrogen (secondary N) is 1. The van der Waals surface area contributed by atoms with Crippen LogP contribution in [0.3, 0.4) is 0 Å². The monoisotopic (exact) mass is 345 g/mol. The van der Waals surface area contributed by atoms with E-state index in [0.717, 1.165) is 11.1 Å². The molecule has 2 aromatic carbocycles. The van der Waals surface area contributed by atoms with Gasteiger partial charge in [0.15, 0.2) is 0 Å². The summed E-state index contributed by atoms with van der Waals surface area (Å²) in [4.78, 5) is 12.4. The van der Waals surface area contributed by atoms with E-state index in [1.165, 1.54) is 14.2 Å². The minimum atomic E-state index is -3.61. The molecule has 0 aromatic heterocycles. The van der Waals surface area contributed by atoms with Crippen LogP contribution in [-0.2, 0) is 13.6 Å². The number of aryl methyl sites for hydroxylation is 1. The normalized spacial score (nSPS) is 12.0. The molecule has 24 heavy (non-hydrogen) atoms. The number of benzene rings is 2. The second-order valence-electron chi connectivity index (χ2n) is 5.12. The molecule has 0 spiro atoms. The van der Waals surface area contributed by atoms with Crippen molar-refractivity contribution in [2.75, 3.05) is 14.2 Å². The average Bonchev–Trinajstić information content (AvgIpc) is 2.63. The zero-order chi connectivity index (χ0) is 17.6. The van der Waals surface area contributed by atoms with E-state index in [0.29, 0.717) is 5.56 Å². The molecule has 126 valence electrons. The van der Waals surface area contributed by atoms with Crippen LogP contribution < -0.4 is 5.32 Å². The first-order valence-electron chi connectivity index (χ1n) is 7.35. The van der Waals surface area contributed by atoms with Crippen molar-refractivity contribution in [3.63, 3.8) is 0 Å². The van der Waals surface area contributed by atoms with E-state index in [4.69, 9.17) is 9.05 Å². The number of carbonyl (C=O) groups excluding carboxylic acids is 1. The van der Waals surface area contributed by atoms with Crippen molar-refractivity contribution < 1.29 is 18.4 Å². The van der Waals surface area contributed by atoms with Gasteiger partial charge in [0.05, 0.1) is 0 Å². The van der Waals surface area contributed by atoms with Gasteiger partial charge in [0.2, 0.25) is 0 Å². The van der Waals surface area contributed by atoms with Crippen molar-refractivity contribution in [2.45, 2.75) is 6.92 Å². The minimum absolute atomic E-state index is 0.0882. The molecule has 0 aliphatic rings. The maximum atomic E-state index is 12.8. The van der Waals surface area contributed by atoms with Crippen LogP contribution in [0.5, 0.6) is 0 Å². The number of hydrogen-bond donors (Lipinski definition) is 1. The molecule has 0 saturated carbocycles. The van der Waals surface area contributed by atoms with Crippen molar-refractivity contribution >= 4 is 19.6 Å². The second kappa shape index (κ2) is 8.06. The molecule has 0 unspecified atom stereocenters. The highest BCUT2D eigenvalue weighted by molar-refractivity contribution is 7.58. The van der Waals surface area contributed by atoms with Crippen LogP contribution >= 0.6 is 7.60 Å². The third-order valence-electron chi connectivity index (χ3n) is 3.43. The highest BCUT2D eigenvalue weighted by Gasteiger charge is 2.29. The minimum Gasteiger partial charge on any atom is -0.315 e. The molecule has 1 N–H and O–H groups in total. The highest BCUT2D eigenvalue weighted by Crippen LogP contribution is 2.54. The smallest absolute Gasteiger partial charge is 0.315 e. The van der Waals surface area contributed by atoms with E-state index >= 15 is 0 Å². The zero-order valence-corrected chi connectivity index (χ0v) is 14.7. The second-order valence-corrected chi connectivity index (χ2v) is 7.33. The van der Waals surface area contributed by atoms with Gasteiger partial charge in [-0.2, -0.15) is 0 Å². The van der Waals surface area contributed by atoms with Gasteiger partial charge in [-0.05, 0) is 30.7 Å². The van der Waals surface area contributed by atoms with E-state index < -0.39 is 7.60 Å². The van der Waals surface area contributed by atoms with E-state index in [1.807, 2.05) is 37.3 Å². The summed E-state index contributed by atoms with van der Waals surface area (Å²) >= 11 is 0. The molecule has 0 fully saturated rings. The van der Waals surface area contributed by atoms with Gasteiger partial charge in [-0.3, -0.25) is 9.36 Å². The summed E-state index contributed by atoms with van der Waals surface area (Å²) in [6, 6.07) is 16.2. The van der Waals surface area contributed by atoms with Crippen LogP contribution in [0.4, 0.5) is 0 Å². The van der Waals surface area contributed by atoms with Gasteiger partial charge in [-0.15, -0.1) is 0 Å². The Balaban J connectivity index is 2.38. The molecule has 0 aliphatic carbocycles. The summed E-state index contributed by atoms with van der Waals surface area (Å²) in [5.74, 6) is -0.386. The fourth-order valence-corrected chi connectivity index (χ4v) is 3.14. The molecular weight excluding hydrogens is 325 g/mol. The Morgan fingerprint density at radius 2 is 1.58 bits per heavy atom. The van der Waals surface area contributed by atoms with Gasteiger partial charge in [-0.1, -0.05) is 48.0 Å². The standard InChI is InChI=1S/C18H20NO4P/c1-14-9-11-15(12-10-14)13-17(24(21,22-2)23-3)19-18(20)16-7-5-4-6-8-16/h4-13H,1-3H3,(H,19,20)/b17-13-. The molecule has 0 aliphatic heterocycles. The Kier molecular flexibility index (Phi) is 6.10. The van der Waals surface area contributed by atoms with E-state index in [-0.39, 0.29) is 11.3 Å².